The predicted octanol–water partition coefficient (Wildman–Crippen LogP) is 1.26. The quantitative estimate of drug-likeness (QED) is 0.578. The highest BCUT2D eigenvalue weighted by molar-refractivity contribution is 6.73. The van der Waals surface area contributed by atoms with Crippen LogP contribution < -0.4 is 5.46 Å². The lowest BCUT2D eigenvalue weighted by atomic mass is 9.41. The van der Waals surface area contributed by atoms with Crippen molar-refractivity contribution in [3.05, 3.63) is 30.3 Å². The first-order valence-electron chi connectivity index (χ1n) is 5.10. The zero-order valence-corrected chi connectivity index (χ0v) is 8.24. The van der Waals surface area contributed by atoms with Gasteiger partial charge in [0.1, 0.15) is 0 Å². The van der Waals surface area contributed by atoms with Crippen LogP contribution in [0, 0.1) is 0 Å². The smallest absolute Gasteiger partial charge is 0.191 e. The summed E-state index contributed by atoms with van der Waals surface area (Å²) in [5.74, 6) is 0. The highest BCUT2D eigenvalue weighted by Gasteiger charge is 2.21. The minimum Gasteiger partial charge on any atom is -0.313 e. The molecule has 1 aromatic carbocycles. The van der Waals surface area contributed by atoms with Crippen LogP contribution in [0.5, 0.6) is 0 Å². The van der Waals surface area contributed by atoms with Gasteiger partial charge < -0.3 is 4.90 Å². The zero-order chi connectivity index (χ0) is 9.10. The van der Waals surface area contributed by atoms with E-state index in [4.69, 9.17) is 0 Å². The van der Waals surface area contributed by atoms with E-state index in [1.54, 1.807) is 0 Å². The van der Waals surface area contributed by atoms with E-state index in [2.05, 4.69) is 42.3 Å². The number of hydrogen-bond donors (Lipinski definition) is 0. The second-order valence-electron chi connectivity index (χ2n) is 4.01. The van der Waals surface area contributed by atoms with Gasteiger partial charge in [-0.05, 0) is 26.5 Å². The molecular weight excluding hydrogens is 157 g/mol. The molecule has 0 N–H and O–H groups in total. The first-order valence-corrected chi connectivity index (χ1v) is 5.10. The molecule has 0 aliphatic carbocycles. The third kappa shape index (κ3) is 2.13. The van der Waals surface area contributed by atoms with Crippen molar-refractivity contribution >= 4 is 12.2 Å². The number of benzene rings is 1. The number of rotatable bonds is 1. The molecule has 1 nitrogen and oxygen atoms in total. The van der Waals surface area contributed by atoms with Gasteiger partial charge in [-0.15, -0.1) is 0 Å². The van der Waals surface area contributed by atoms with E-state index < -0.39 is 0 Å². The van der Waals surface area contributed by atoms with Crippen molar-refractivity contribution in [1.82, 2.24) is 4.90 Å². The second kappa shape index (κ2) is 3.97. The Morgan fingerprint density at radius 1 is 1.23 bits per heavy atom. The maximum Gasteiger partial charge on any atom is 0.191 e. The largest absolute Gasteiger partial charge is 0.313 e. The van der Waals surface area contributed by atoms with Crippen LogP contribution >= 0.6 is 0 Å². The molecule has 1 saturated heterocycles. The van der Waals surface area contributed by atoms with E-state index in [-0.39, 0.29) is 0 Å². The van der Waals surface area contributed by atoms with Crippen LogP contribution in [0.1, 0.15) is 6.42 Å². The third-order valence-corrected chi connectivity index (χ3v) is 2.90. The standard InChI is InChI=1S/C11H16BN/c1-13-9-5-8-12(10-13)11-6-3-2-4-7-11/h2-4,6-7H,5,8-10H2,1H3. The Labute approximate surface area is 80.8 Å². The Balaban J connectivity index is 2.08. The summed E-state index contributed by atoms with van der Waals surface area (Å²) < 4.78 is 0. The lowest BCUT2D eigenvalue weighted by Crippen LogP contribution is -2.45. The maximum absolute atomic E-state index is 2.43. The average Bonchev–Trinajstić information content (AvgIpc) is 2.19. The average molecular weight is 173 g/mol. The van der Waals surface area contributed by atoms with E-state index in [1.807, 2.05) is 0 Å². The predicted molar refractivity (Wildman–Crippen MR) is 58.8 cm³/mol. The van der Waals surface area contributed by atoms with Crippen molar-refractivity contribution in [2.24, 2.45) is 0 Å². The molecule has 0 aromatic heterocycles. The normalized spacial score (nSPS) is 19.0. The van der Waals surface area contributed by atoms with Crippen molar-refractivity contribution in [2.75, 3.05) is 20.0 Å². The van der Waals surface area contributed by atoms with Gasteiger partial charge in [0.25, 0.3) is 0 Å². The van der Waals surface area contributed by atoms with Gasteiger partial charge >= 0.3 is 0 Å². The molecule has 1 fully saturated rings. The molecule has 1 aliphatic rings. The molecule has 1 heterocycles. The van der Waals surface area contributed by atoms with Crippen LogP contribution in [-0.4, -0.2) is 31.6 Å². The molecule has 2 heteroatoms. The van der Waals surface area contributed by atoms with E-state index in [1.165, 1.54) is 31.2 Å². The molecule has 0 unspecified atom stereocenters. The minimum absolute atomic E-state index is 0.764. The molecule has 0 saturated carbocycles. The van der Waals surface area contributed by atoms with Crippen LogP contribution in [0.25, 0.3) is 0 Å². The monoisotopic (exact) mass is 173 g/mol. The van der Waals surface area contributed by atoms with Gasteiger partial charge in [-0.25, -0.2) is 0 Å². The first kappa shape index (κ1) is 8.83. The summed E-state index contributed by atoms with van der Waals surface area (Å²) in [6, 6.07) is 10.9. The first-order chi connectivity index (χ1) is 6.36. The summed E-state index contributed by atoms with van der Waals surface area (Å²) in [6.45, 7) is 2.03. The lowest BCUT2D eigenvalue weighted by Gasteiger charge is -2.27. The van der Waals surface area contributed by atoms with Crippen LogP contribution in [0.3, 0.4) is 0 Å². The third-order valence-electron chi connectivity index (χ3n) is 2.90. The lowest BCUT2D eigenvalue weighted by molar-refractivity contribution is 0.369. The Morgan fingerprint density at radius 2 is 2.00 bits per heavy atom. The Kier molecular flexibility index (Phi) is 2.69. The summed E-state index contributed by atoms with van der Waals surface area (Å²) in [4.78, 5) is 2.43. The van der Waals surface area contributed by atoms with Gasteiger partial charge in [0.2, 0.25) is 0 Å². The van der Waals surface area contributed by atoms with Crippen molar-refractivity contribution < 1.29 is 0 Å². The number of nitrogens with zero attached hydrogens (tertiary/aromatic N) is 1. The van der Waals surface area contributed by atoms with Crippen LogP contribution in [0.2, 0.25) is 6.32 Å². The maximum atomic E-state index is 2.43. The molecule has 13 heavy (non-hydrogen) atoms. The SMILES string of the molecule is CN1CCCB(c2ccccc2)C1. The van der Waals surface area contributed by atoms with Gasteiger partial charge in [0.15, 0.2) is 6.71 Å². The van der Waals surface area contributed by atoms with E-state index in [9.17, 15) is 0 Å². The summed E-state index contributed by atoms with van der Waals surface area (Å²) in [5.41, 5.74) is 1.51. The van der Waals surface area contributed by atoms with E-state index in [0.29, 0.717) is 0 Å². The molecule has 0 radical (unpaired) electrons. The summed E-state index contributed by atoms with van der Waals surface area (Å²) in [5, 5.41) is 0. The molecule has 1 aromatic rings. The molecule has 0 amide bonds. The van der Waals surface area contributed by atoms with Crippen molar-refractivity contribution in [3.63, 3.8) is 0 Å². The Hall–Kier alpha value is -0.755. The molecule has 0 spiro atoms. The van der Waals surface area contributed by atoms with Crippen molar-refractivity contribution in [1.29, 1.82) is 0 Å². The molecule has 0 bridgehead atoms. The van der Waals surface area contributed by atoms with Gasteiger partial charge in [-0.2, -0.15) is 0 Å². The second-order valence-corrected chi connectivity index (χ2v) is 4.01. The fourth-order valence-corrected chi connectivity index (χ4v) is 2.16. The van der Waals surface area contributed by atoms with Crippen LogP contribution in [0.4, 0.5) is 0 Å². The Bertz CT molecular complexity index is 260. The van der Waals surface area contributed by atoms with Crippen molar-refractivity contribution in [3.8, 4) is 0 Å². The molecule has 1 aliphatic heterocycles. The van der Waals surface area contributed by atoms with Crippen LogP contribution in [0.15, 0.2) is 30.3 Å². The van der Waals surface area contributed by atoms with Gasteiger partial charge in [-0.3, -0.25) is 0 Å². The van der Waals surface area contributed by atoms with Crippen LogP contribution in [-0.2, 0) is 0 Å². The summed E-state index contributed by atoms with van der Waals surface area (Å²) >= 11 is 0. The van der Waals surface area contributed by atoms with Gasteiger partial charge in [-0.1, -0.05) is 42.1 Å². The summed E-state index contributed by atoms with van der Waals surface area (Å²) in [7, 11) is 2.22. The van der Waals surface area contributed by atoms with Gasteiger partial charge in [0.05, 0.1) is 0 Å². The fourth-order valence-electron chi connectivity index (χ4n) is 2.16. The highest BCUT2D eigenvalue weighted by Crippen LogP contribution is 2.08. The highest BCUT2D eigenvalue weighted by atomic mass is 15.1. The molecular formula is C11H16BN. The molecule has 0 atom stereocenters. The number of hydrogen-bond acceptors (Lipinski definition) is 1. The Morgan fingerprint density at radius 3 is 2.69 bits per heavy atom. The zero-order valence-electron chi connectivity index (χ0n) is 8.24. The molecule has 68 valence electrons. The molecule has 2 rings (SSSR count). The summed E-state index contributed by atoms with van der Waals surface area (Å²) in [6.07, 6.45) is 3.93. The topological polar surface area (TPSA) is 3.24 Å². The van der Waals surface area contributed by atoms with Crippen molar-refractivity contribution in [2.45, 2.75) is 12.7 Å². The van der Waals surface area contributed by atoms with Gasteiger partial charge in [0, 0.05) is 0 Å². The fraction of sp³-hybridized carbons (Fsp3) is 0.455. The van der Waals surface area contributed by atoms with E-state index in [0.717, 1.165) is 6.71 Å². The minimum atomic E-state index is 0.764. The van der Waals surface area contributed by atoms with E-state index >= 15 is 0 Å².